The average Bonchev–Trinajstić information content (AvgIpc) is 2.68. The van der Waals surface area contributed by atoms with Crippen molar-refractivity contribution in [3.8, 4) is 0 Å². The van der Waals surface area contributed by atoms with Crippen LogP contribution in [0.2, 0.25) is 0 Å². The number of nitrogens with one attached hydrogen (secondary N) is 2. The smallest absolute Gasteiger partial charge is 0.249 e. The molecule has 1 aliphatic rings. The number of rotatable bonds is 8. The second-order valence-corrected chi connectivity index (χ2v) is 7.49. The maximum atomic E-state index is 13.0. The Morgan fingerprint density at radius 3 is 2.44 bits per heavy atom. The van der Waals surface area contributed by atoms with Gasteiger partial charge in [-0.05, 0) is 42.7 Å². The van der Waals surface area contributed by atoms with E-state index < -0.39 is 0 Å². The van der Waals surface area contributed by atoms with E-state index in [1.807, 2.05) is 30.3 Å². The Hall–Kier alpha value is -2.11. The number of allylic oxidation sites excluding steroid dienone is 3. The fraction of sp³-hybridized carbons (Fsp3) is 0.318. The zero-order chi connectivity index (χ0) is 19.8. The maximum Gasteiger partial charge on any atom is 0.249 e. The first-order valence-corrected chi connectivity index (χ1v) is 10.0. The molecule has 1 aromatic rings. The number of nitrogens with zero attached hydrogens (tertiary/aromatic N) is 1. The molecule has 0 aliphatic carbocycles. The molecule has 27 heavy (non-hydrogen) atoms. The van der Waals surface area contributed by atoms with E-state index in [0.29, 0.717) is 6.54 Å². The van der Waals surface area contributed by atoms with E-state index in [-0.39, 0.29) is 11.8 Å². The summed E-state index contributed by atoms with van der Waals surface area (Å²) in [5, 5.41) is 6.21. The van der Waals surface area contributed by atoms with Crippen molar-refractivity contribution in [1.29, 1.82) is 0 Å². The zero-order valence-corrected chi connectivity index (χ0v) is 17.8. The molecule has 1 atom stereocenters. The van der Waals surface area contributed by atoms with Gasteiger partial charge in [0.05, 0.1) is 5.70 Å². The summed E-state index contributed by atoms with van der Waals surface area (Å²) < 4.78 is 0.935. The third-order valence-electron chi connectivity index (χ3n) is 4.63. The molecule has 1 aliphatic heterocycles. The van der Waals surface area contributed by atoms with Gasteiger partial charge < -0.3 is 15.5 Å². The molecular weight excluding hydrogens is 402 g/mol. The van der Waals surface area contributed by atoms with Crippen LogP contribution in [0.15, 0.2) is 71.1 Å². The highest BCUT2D eigenvalue weighted by Gasteiger charge is 2.23. The molecule has 0 saturated heterocycles. The first-order valence-electron chi connectivity index (χ1n) is 9.21. The molecule has 0 spiro atoms. The summed E-state index contributed by atoms with van der Waals surface area (Å²) in [6.45, 7) is 9.37. The van der Waals surface area contributed by atoms with Crippen LogP contribution in [0.25, 0.3) is 0 Å². The second-order valence-electron chi connectivity index (χ2n) is 6.57. The van der Waals surface area contributed by atoms with Gasteiger partial charge >= 0.3 is 0 Å². The predicted molar refractivity (Wildman–Crippen MR) is 116 cm³/mol. The number of halogens is 1. The van der Waals surface area contributed by atoms with Crippen LogP contribution in [-0.2, 0) is 17.9 Å². The first-order chi connectivity index (χ1) is 13.0. The number of carbonyl (C=O) groups excluding carboxylic acids is 1. The van der Waals surface area contributed by atoms with E-state index in [1.54, 1.807) is 6.20 Å². The molecule has 2 rings (SSSR count). The summed E-state index contributed by atoms with van der Waals surface area (Å²) in [7, 11) is 1.93. The van der Waals surface area contributed by atoms with Gasteiger partial charge in [-0.3, -0.25) is 4.79 Å². The third kappa shape index (κ3) is 5.68. The van der Waals surface area contributed by atoms with Crippen LogP contribution in [0.4, 0.5) is 0 Å². The van der Waals surface area contributed by atoms with E-state index in [1.165, 1.54) is 5.56 Å². The number of carbonyl (C=O) groups is 1. The topological polar surface area (TPSA) is 44.4 Å². The molecular formula is C22H28BrN3O. The summed E-state index contributed by atoms with van der Waals surface area (Å²) in [6.07, 6.45) is 8.41. The molecule has 1 unspecified atom stereocenters. The lowest BCUT2D eigenvalue weighted by atomic mass is 9.94. The Bertz CT molecular complexity index is 762. The van der Waals surface area contributed by atoms with Crippen LogP contribution in [0.3, 0.4) is 0 Å². The molecule has 4 nitrogen and oxygen atoms in total. The fourth-order valence-corrected chi connectivity index (χ4v) is 3.25. The Balaban J connectivity index is 2.21. The summed E-state index contributed by atoms with van der Waals surface area (Å²) in [5.74, 6) is 0.0841. The van der Waals surface area contributed by atoms with Gasteiger partial charge in [0.15, 0.2) is 0 Å². The molecule has 1 amide bonds. The Kier molecular flexibility index (Phi) is 8.07. The molecule has 2 N–H and O–H groups in total. The van der Waals surface area contributed by atoms with E-state index >= 15 is 0 Å². The van der Waals surface area contributed by atoms with Crippen molar-refractivity contribution >= 4 is 21.8 Å². The Labute approximate surface area is 170 Å². The van der Waals surface area contributed by atoms with Crippen LogP contribution >= 0.6 is 15.9 Å². The van der Waals surface area contributed by atoms with Gasteiger partial charge in [0.25, 0.3) is 0 Å². The minimum atomic E-state index is -0.0441. The normalized spacial score (nSPS) is 16.6. The fourth-order valence-electron chi connectivity index (χ4n) is 2.91. The SMILES string of the molecule is C=CN1C=CC(Br)=C/C1=C(\C(=O)NCc1ccc(CNC)cc1)C(C)CC. The molecule has 144 valence electrons. The van der Waals surface area contributed by atoms with Crippen LogP contribution in [0, 0.1) is 5.92 Å². The molecule has 1 heterocycles. The number of hydrogen-bond donors (Lipinski definition) is 2. The van der Waals surface area contributed by atoms with Crippen molar-refractivity contribution in [3.63, 3.8) is 0 Å². The van der Waals surface area contributed by atoms with Gasteiger partial charge in [-0.15, -0.1) is 0 Å². The van der Waals surface area contributed by atoms with Crippen molar-refractivity contribution < 1.29 is 4.79 Å². The van der Waals surface area contributed by atoms with E-state index in [9.17, 15) is 4.79 Å². The van der Waals surface area contributed by atoms with Crippen LogP contribution in [0.5, 0.6) is 0 Å². The minimum absolute atomic E-state index is 0.0441. The summed E-state index contributed by atoms with van der Waals surface area (Å²) in [4.78, 5) is 14.9. The number of hydrogen-bond acceptors (Lipinski definition) is 3. The highest BCUT2D eigenvalue weighted by molar-refractivity contribution is 9.11. The molecule has 5 heteroatoms. The monoisotopic (exact) mass is 429 g/mol. The highest BCUT2D eigenvalue weighted by Crippen LogP contribution is 2.28. The Morgan fingerprint density at radius 2 is 1.89 bits per heavy atom. The van der Waals surface area contributed by atoms with Gasteiger partial charge in [-0.2, -0.15) is 0 Å². The molecule has 0 aromatic heterocycles. The largest absolute Gasteiger partial charge is 0.348 e. The van der Waals surface area contributed by atoms with Crippen molar-refractivity contribution in [3.05, 3.63) is 82.3 Å². The summed E-state index contributed by atoms with van der Waals surface area (Å²) >= 11 is 3.51. The predicted octanol–water partition coefficient (Wildman–Crippen LogP) is 4.57. The third-order valence-corrected chi connectivity index (χ3v) is 5.12. The van der Waals surface area contributed by atoms with Crippen molar-refractivity contribution in [2.45, 2.75) is 33.4 Å². The summed E-state index contributed by atoms with van der Waals surface area (Å²) in [6, 6.07) is 8.27. The number of benzene rings is 1. The number of amides is 1. The lowest BCUT2D eigenvalue weighted by Crippen LogP contribution is -2.30. The summed E-state index contributed by atoms with van der Waals surface area (Å²) in [5.41, 5.74) is 3.93. The minimum Gasteiger partial charge on any atom is -0.348 e. The van der Waals surface area contributed by atoms with Crippen LogP contribution in [-0.4, -0.2) is 17.9 Å². The highest BCUT2D eigenvalue weighted by atomic mass is 79.9. The molecule has 0 bridgehead atoms. The maximum absolute atomic E-state index is 13.0. The van der Waals surface area contributed by atoms with Crippen LogP contribution < -0.4 is 10.6 Å². The Morgan fingerprint density at radius 1 is 1.26 bits per heavy atom. The van der Waals surface area contributed by atoms with Gasteiger partial charge in [0, 0.05) is 35.5 Å². The average molecular weight is 430 g/mol. The van der Waals surface area contributed by atoms with Gasteiger partial charge in [-0.1, -0.05) is 60.6 Å². The van der Waals surface area contributed by atoms with Crippen LogP contribution in [0.1, 0.15) is 31.4 Å². The van der Waals surface area contributed by atoms with Gasteiger partial charge in [0.2, 0.25) is 5.91 Å². The van der Waals surface area contributed by atoms with Crippen molar-refractivity contribution in [2.24, 2.45) is 5.92 Å². The van der Waals surface area contributed by atoms with Crippen molar-refractivity contribution in [1.82, 2.24) is 15.5 Å². The molecule has 1 aromatic carbocycles. The quantitative estimate of drug-likeness (QED) is 0.594. The van der Waals surface area contributed by atoms with Gasteiger partial charge in [0.1, 0.15) is 0 Å². The standard InChI is InChI=1S/C22H28BrN3O/c1-5-16(3)21(20-13-19(23)11-12-26(20)6-2)22(27)25-15-18-9-7-17(8-10-18)14-24-4/h6-13,16,24H,2,5,14-15H2,1,3-4H3,(H,25,27)/b21-20+. The van der Waals surface area contributed by atoms with Gasteiger partial charge in [-0.25, -0.2) is 0 Å². The van der Waals surface area contributed by atoms with E-state index in [2.05, 4.69) is 71.3 Å². The van der Waals surface area contributed by atoms with Crippen molar-refractivity contribution in [2.75, 3.05) is 7.05 Å². The van der Waals surface area contributed by atoms with E-state index in [0.717, 1.165) is 34.3 Å². The molecule has 0 fully saturated rings. The second kappa shape index (κ2) is 10.3. The first kappa shape index (κ1) is 21.2. The lowest BCUT2D eigenvalue weighted by molar-refractivity contribution is -0.118. The van der Waals surface area contributed by atoms with E-state index in [4.69, 9.17) is 0 Å². The zero-order valence-electron chi connectivity index (χ0n) is 16.3. The molecule has 0 saturated carbocycles. The molecule has 0 radical (unpaired) electrons. The lowest BCUT2D eigenvalue weighted by Gasteiger charge is -2.26.